The van der Waals surface area contributed by atoms with Gasteiger partial charge in [0, 0.05) is 17.2 Å². The highest BCUT2D eigenvalue weighted by molar-refractivity contribution is 5.48. The van der Waals surface area contributed by atoms with Crippen molar-refractivity contribution in [1.29, 1.82) is 0 Å². The zero-order valence-corrected chi connectivity index (χ0v) is 10.1. The molecule has 0 aromatic heterocycles. The van der Waals surface area contributed by atoms with Crippen molar-refractivity contribution in [2.75, 3.05) is 0 Å². The van der Waals surface area contributed by atoms with Crippen LogP contribution in [0, 0.1) is 11.8 Å². The average Bonchev–Trinajstić information content (AvgIpc) is 2.36. The molecule has 0 unspecified atom stereocenters. The number of hydrogen-bond acceptors (Lipinski definition) is 2. The molecule has 0 aliphatic carbocycles. The van der Waals surface area contributed by atoms with Crippen molar-refractivity contribution < 1.29 is 10.2 Å². The highest BCUT2D eigenvalue weighted by Crippen LogP contribution is 2.19. The highest BCUT2D eigenvalue weighted by atomic mass is 16.3. The van der Waals surface area contributed by atoms with E-state index in [1.54, 1.807) is 0 Å². The van der Waals surface area contributed by atoms with Crippen LogP contribution in [-0.2, 0) is 6.42 Å². The molecule has 2 nitrogen and oxygen atoms in total. The molecule has 18 heavy (non-hydrogen) atoms. The Labute approximate surface area is 107 Å². The van der Waals surface area contributed by atoms with Gasteiger partial charge in [-0.05, 0) is 36.2 Å². The summed E-state index contributed by atoms with van der Waals surface area (Å²) in [6.45, 7) is 2.11. The van der Waals surface area contributed by atoms with E-state index in [-0.39, 0.29) is 11.5 Å². The molecule has 0 radical (unpaired) electrons. The summed E-state index contributed by atoms with van der Waals surface area (Å²) < 4.78 is 0. The van der Waals surface area contributed by atoms with Crippen LogP contribution < -0.4 is 0 Å². The van der Waals surface area contributed by atoms with Crippen molar-refractivity contribution in [3.05, 3.63) is 59.2 Å². The van der Waals surface area contributed by atoms with E-state index in [1.165, 1.54) is 23.8 Å². The minimum Gasteiger partial charge on any atom is -0.508 e. The number of aromatic hydroxyl groups is 2. The number of benzene rings is 2. The Morgan fingerprint density at radius 1 is 0.833 bits per heavy atom. The topological polar surface area (TPSA) is 40.5 Å². The van der Waals surface area contributed by atoms with Gasteiger partial charge in [0.05, 0.1) is 0 Å². The Morgan fingerprint density at radius 2 is 1.39 bits per heavy atom. The van der Waals surface area contributed by atoms with Gasteiger partial charge in [0.2, 0.25) is 0 Å². The summed E-state index contributed by atoms with van der Waals surface area (Å²) in [5, 5.41) is 18.7. The van der Waals surface area contributed by atoms with E-state index in [2.05, 4.69) is 18.8 Å². The smallest absolute Gasteiger partial charge is 0.120 e. The van der Waals surface area contributed by atoms with Gasteiger partial charge in [-0.2, -0.15) is 0 Å². The molecular weight excluding hydrogens is 224 g/mol. The van der Waals surface area contributed by atoms with E-state index in [4.69, 9.17) is 0 Å². The third kappa shape index (κ3) is 3.05. The monoisotopic (exact) mass is 238 g/mol. The third-order valence-corrected chi connectivity index (χ3v) is 2.62. The van der Waals surface area contributed by atoms with Crippen molar-refractivity contribution in [3.63, 3.8) is 0 Å². The zero-order valence-electron chi connectivity index (χ0n) is 10.1. The van der Waals surface area contributed by atoms with E-state index in [0.717, 1.165) is 12.0 Å². The van der Waals surface area contributed by atoms with Gasteiger partial charge < -0.3 is 10.2 Å². The number of rotatable bonds is 1. The molecule has 2 aromatic carbocycles. The lowest BCUT2D eigenvalue weighted by atomic mass is 10.1. The first-order valence-corrected chi connectivity index (χ1v) is 5.81. The van der Waals surface area contributed by atoms with Crippen LogP contribution in [0.2, 0.25) is 0 Å². The molecule has 0 bridgehead atoms. The van der Waals surface area contributed by atoms with Gasteiger partial charge in [-0.3, -0.25) is 0 Å². The summed E-state index contributed by atoms with van der Waals surface area (Å²) in [7, 11) is 0. The normalized spacial score (nSPS) is 9.61. The molecule has 0 aliphatic heterocycles. The first kappa shape index (κ1) is 12.1. The molecule has 2 rings (SSSR count). The maximum atomic E-state index is 9.33. The minimum atomic E-state index is 0.0145. The quantitative estimate of drug-likeness (QED) is 0.750. The van der Waals surface area contributed by atoms with E-state index >= 15 is 0 Å². The predicted octanol–water partition coefficient (Wildman–Crippen LogP) is 3.06. The van der Waals surface area contributed by atoms with Crippen LogP contribution in [0.25, 0.3) is 0 Å². The van der Waals surface area contributed by atoms with E-state index in [1.807, 2.05) is 24.3 Å². The van der Waals surface area contributed by atoms with Crippen LogP contribution in [0.4, 0.5) is 0 Å². The average molecular weight is 238 g/mol. The minimum absolute atomic E-state index is 0.0145. The molecule has 0 amide bonds. The van der Waals surface area contributed by atoms with Crippen molar-refractivity contribution in [3.8, 4) is 23.3 Å². The van der Waals surface area contributed by atoms with Crippen LogP contribution in [0.3, 0.4) is 0 Å². The molecule has 0 heterocycles. The van der Waals surface area contributed by atoms with Crippen LogP contribution in [0.5, 0.6) is 11.5 Å². The van der Waals surface area contributed by atoms with Crippen molar-refractivity contribution >= 4 is 0 Å². The molecule has 0 saturated carbocycles. The Kier molecular flexibility index (Phi) is 3.54. The van der Waals surface area contributed by atoms with Crippen molar-refractivity contribution in [2.24, 2.45) is 0 Å². The number of hydrogen-bond donors (Lipinski definition) is 2. The number of aryl methyl sites for hydroxylation is 1. The van der Waals surface area contributed by atoms with Crippen LogP contribution >= 0.6 is 0 Å². The molecule has 0 aliphatic rings. The van der Waals surface area contributed by atoms with Gasteiger partial charge in [0.1, 0.15) is 11.5 Å². The lowest BCUT2D eigenvalue weighted by molar-refractivity contribution is 0.450. The van der Waals surface area contributed by atoms with E-state index < -0.39 is 0 Å². The second-order valence-corrected chi connectivity index (χ2v) is 4.04. The lowest BCUT2D eigenvalue weighted by Crippen LogP contribution is -1.80. The first-order valence-electron chi connectivity index (χ1n) is 5.81. The first-order chi connectivity index (χ1) is 8.67. The second kappa shape index (κ2) is 5.29. The highest BCUT2D eigenvalue weighted by Gasteiger charge is 1.95. The molecular formula is C16H14O2. The standard InChI is InChI=1S/C16H14O2/c1-2-12-3-5-13(6-4-12)7-8-14-9-15(17)11-16(18)10-14/h3-6,9-11,17-18H,2H2,1H3. The Balaban J connectivity index is 2.25. The van der Waals surface area contributed by atoms with Crippen LogP contribution in [0.15, 0.2) is 42.5 Å². The molecule has 2 N–H and O–H groups in total. The fourth-order valence-corrected chi connectivity index (χ4v) is 1.64. The van der Waals surface area contributed by atoms with E-state index in [9.17, 15) is 10.2 Å². The molecule has 2 heteroatoms. The summed E-state index contributed by atoms with van der Waals surface area (Å²) in [6, 6.07) is 12.3. The fourth-order valence-electron chi connectivity index (χ4n) is 1.64. The third-order valence-electron chi connectivity index (χ3n) is 2.62. The molecule has 0 atom stereocenters. The second-order valence-electron chi connectivity index (χ2n) is 4.04. The maximum Gasteiger partial charge on any atom is 0.120 e. The summed E-state index contributed by atoms with van der Waals surface area (Å²) >= 11 is 0. The van der Waals surface area contributed by atoms with Gasteiger partial charge >= 0.3 is 0 Å². The summed E-state index contributed by atoms with van der Waals surface area (Å²) in [5.74, 6) is 5.93. The summed E-state index contributed by atoms with van der Waals surface area (Å²) in [6.07, 6.45) is 1.01. The Morgan fingerprint density at radius 3 is 1.94 bits per heavy atom. The molecule has 90 valence electrons. The molecule has 0 saturated heterocycles. The fraction of sp³-hybridized carbons (Fsp3) is 0.125. The predicted molar refractivity (Wildman–Crippen MR) is 71.6 cm³/mol. The number of phenolic OH excluding ortho intramolecular Hbond substituents is 2. The van der Waals surface area contributed by atoms with Gasteiger partial charge in [-0.1, -0.05) is 30.9 Å². The SMILES string of the molecule is CCc1ccc(C#Cc2cc(O)cc(O)c2)cc1. The van der Waals surface area contributed by atoms with Crippen LogP contribution in [0.1, 0.15) is 23.6 Å². The van der Waals surface area contributed by atoms with Gasteiger partial charge in [0.15, 0.2) is 0 Å². The van der Waals surface area contributed by atoms with E-state index in [0.29, 0.717) is 5.56 Å². The zero-order chi connectivity index (χ0) is 13.0. The lowest BCUT2D eigenvalue weighted by Gasteiger charge is -1.97. The summed E-state index contributed by atoms with van der Waals surface area (Å²) in [5.41, 5.74) is 2.78. The summed E-state index contributed by atoms with van der Waals surface area (Å²) in [4.78, 5) is 0. The Bertz CT molecular complexity index is 581. The van der Waals surface area contributed by atoms with Gasteiger partial charge in [-0.25, -0.2) is 0 Å². The Hall–Kier alpha value is -2.40. The van der Waals surface area contributed by atoms with Crippen molar-refractivity contribution in [2.45, 2.75) is 13.3 Å². The molecule has 0 spiro atoms. The van der Waals surface area contributed by atoms with Gasteiger partial charge in [0.25, 0.3) is 0 Å². The van der Waals surface area contributed by atoms with Crippen LogP contribution in [-0.4, -0.2) is 10.2 Å². The molecule has 0 fully saturated rings. The van der Waals surface area contributed by atoms with Gasteiger partial charge in [-0.15, -0.1) is 0 Å². The molecule has 2 aromatic rings. The number of phenols is 2. The van der Waals surface area contributed by atoms with Crippen molar-refractivity contribution in [1.82, 2.24) is 0 Å². The largest absolute Gasteiger partial charge is 0.508 e. The maximum absolute atomic E-state index is 9.33.